The zero-order chi connectivity index (χ0) is 12.5. The molecule has 1 aromatic carbocycles. The molecule has 3 nitrogen and oxygen atoms in total. The molecule has 0 aliphatic carbocycles. The average molecular weight is 237 g/mol. The minimum Gasteiger partial charge on any atom is -0.494 e. The number of nitrogens with two attached hydrogens (primary N) is 1. The summed E-state index contributed by atoms with van der Waals surface area (Å²) in [6.45, 7) is 5.62. The molecule has 0 radical (unpaired) electrons. The van der Waals surface area contributed by atoms with Crippen LogP contribution in [0.2, 0.25) is 0 Å². The summed E-state index contributed by atoms with van der Waals surface area (Å²) in [6.07, 6.45) is 3.10. The fourth-order valence-corrected chi connectivity index (χ4v) is 1.56. The molecule has 0 aliphatic heterocycles. The Morgan fingerprint density at radius 2 is 1.76 bits per heavy atom. The molecule has 0 saturated carbocycles. The summed E-state index contributed by atoms with van der Waals surface area (Å²) >= 11 is 0. The fourth-order valence-electron chi connectivity index (χ4n) is 1.56. The monoisotopic (exact) mass is 237 g/mol. The summed E-state index contributed by atoms with van der Waals surface area (Å²) in [5, 5.41) is 0. The van der Waals surface area contributed by atoms with Crippen LogP contribution in [-0.2, 0) is 0 Å². The number of ether oxygens (including phenoxy) is 2. The van der Waals surface area contributed by atoms with Gasteiger partial charge in [-0.1, -0.05) is 13.8 Å². The molecule has 0 saturated heterocycles. The molecule has 0 bridgehead atoms. The quantitative estimate of drug-likeness (QED) is 0.756. The first-order valence-corrected chi connectivity index (χ1v) is 6.39. The molecular weight excluding hydrogens is 214 g/mol. The maximum atomic E-state index is 5.83. The Morgan fingerprint density at radius 1 is 1.12 bits per heavy atom. The highest BCUT2D eigenvalue weighted by Crippen LogP contribution is 2.20. The van der Waals surface area contributed by atoms with Crippen LogP contribution in [0.3, 0.4) is 0 Å². The molecule has 1 unspecified atom stereocenters. The highest BCUT2D eigenvalue weighted by Gasteiger charge is 2.06. The van der Waals surface area contributed by atoms with Gasteiger partial charge in [-0.3, -0.25) is 0 Å². The van der Waals surface area contributed by atoms with Crippen molar-refractivity contribution in [2.24, 2.45) is 5.73 Å². The minimum absolute atomic E-state index is 0.211. The summed E-state index contributed by atoms with van der Waals surface area (Å²) in [7, 11) is 0. The zero-order valence-corrected chi connectivity index (χ0v) is 10.8. The Bertz CT molecular complexity index is 298. The summed E-state index contributed by atoms with van der Waals surface area (Å²) in [6, 6.07) is 7.79. The van der Waals surface area contributed by atoms with Crippen molar-refractivity contribution < 1.29 is 9.47 Å². The van der Waals surface area contributed by atoms with Crippen LogP contribution in [0.4, 0.5) is 0 Å². The molecular formula is C14H23NO2. The topological polar surface area (TPSA) is 44.5 Å². The van der Waals surface area contributed by atoms with Gasteiger partial charge in [-0.2, -0.15) is 0 Å². The summed E-state index contributed by atoms with van der Waals surface area (Å²) in [4.78, 5) is 0. The molecule has 0 aromatic heterocycles. The van der Waals surface area contributed by atoms with Gasteiger partial charge in [-0.05, 0) is 50.1 Å². The van der Waals surface area contributed by atoms with E-state index in [-0.39, 0.29) is 6.10 Å². The number of rotatable bonds is 8. The van der Waals surface area contributed by atoms with Crippen LogP contribution >= 0.6 is 0 Å². The van der Waals surface area contributed by atoms with Crippen molar-refractivity contribution in [3.8, 4) is 11.5 Å². The molecule has 0 fully saturated rings. The van der Waals surface area contributed by atoms with Crippen LogP contribution < -0.4 is 15.2 Å². The molecule has 0 amide bonds. The lowest BCUT2D eigenvalue weighted by atomic mass is 10.2. The molecule has 2 N–H and O–H groups in total. The summed E-state index contributed by atoms with van der Waals surface area (Å²) in [5.74, 6) is 1.78. The Labute approximate surface area is 104 Å². The van der Waals surface area contributed by atoms with Crippen LogP contribution in [0.1, 0.15) is 33.1 Å². The van der Waals surface area contributed by atoms with E-state index < -0.39 is 0 Å². The highest BCUT2D eigenvalue weighted by atomic mass is 16.5. The van der Waals surface area contributed by atoms with Gasteiger partial charge in [-0.15, -0.1) is 0 Å². The number of benzene rings is 1. The first-order chi connectivity index (χ1) is 8.30. The van der Waals surface area contributed by atoms with Gasteiger partial charge in [0.2, 0.25) is 0 Å². The standard InChI is InChI=1S/C14H23NO2/c1-3-11-16-13-5-7-14(8-6-13)17-12(4-2)9-10-15/h5-8,12H,3-4,9-11,15H2,1-2H3. The largest absolute Gasteiger partial charge is 0.494 e. The van der Waals surface area contributed by atoms with Gasteiger partial charge in [-0.25, -0.2) is 0 Å². The maximum absolute atomic E-state index is 5.83. The van der Waals surface area contributed by atoms with E-state index in [9.17, 15) is 0 Å². The molecule has 1 rings (SSSR count). The number of hydrogen-bond acceptors (Lipinski definition) is 3. The van der Waals surface area contributed by atoms with Gasteiger partial charge in [0.15, 0.2) is 0 Å². The van der Waals surface area contributed by atoms with E-state index >= 15 is 0 Å². The van der Waals surface area contributed by atoms with Crippen molar-refractivity contribution in [1.82, 2.24) is 0 Å². The first kappa shape index (κ1) is 13.8. The van der Waals surface area contributed by atoms with Crippen molar-refractivity contribution in [2.45, 2.75) is 39.2 Å². The smallest absolute Gasteiger partial charge is 0.119 e. The van der Waals surface area contributed by atoms with Crippen molar-refractivity contribution >= 4 is 0 Å². The molecule has 0 aliphatic rings. The van der Waals surface area contributed by atoms with Gasteiger partial charge >= 0.3 is 0 Å². The number of hydrogen-bond donors (Lipinski definition) is 1. The van der Waals surface area contributed by atoms with E-state index in [0.717, 1.165) is 37.4 Å². The predicted octanol–water partition coefficient (Wildman–Crippen LogP) is 2.98. The van der Waals surface area contributed by atoms with Gasteiger partial charge < -0.3 is 15.2 Å². The van der Waals surface area contributed by atoms with Crippen LogP contribution in [-0.4, -0.2) is 19.3 Å². The summed E-state index contributed by atoms with van der Waals surface area (Å²) in [5.41, 5.74) is 5.54. The average Bonchev–Trinajstić information content (AvgIpc) is 2.37. The van der Waals surface area contributed by atoms with Crippen molar-refractivity contribution in [1.29, 1.82) is 0 Å². The normalized spacial score (nSPS) is 12.2. The molecule has 17 heavy (non-hydrogen) atoms. The Balaban J connectivity index is 2.49. The van der Waals surface area contributed by atoms with Crippen LogP contribution in [0.5, 0.6) is 11.5 Å². The Hall–Kier alpha value is -1.22. The second-order valence-electron chi connectivity index (χ2n) is 4.05. The van der Waals surface area contributed by atoms with Crippen LogP contribution in [0.25, 0.3) is 0 Å². The predicted molar refractivity (Wildman–Crippen MR) is 70.6 cm³/mol. The van der Waals surface area contributed by atoms with Crippen molar-refractivity contribution in [2.75, 3.05) is 13.2 Å². The van der Waals surface area contributed by atoms with E-state index in [0.29, 0.717) is 6.54 Å². The first-order valence-electron chi connectivity index (χ1n) is 6.39. The SMILES string of the molecule is CCCOc1ccc(OC(CC)CCN)cc1. The van der Waals surface area contributed by atoms with E-state index in [1.807, 2.05) is 24.3 Å². The van der Waals surface area contributed by atoms with E-state index in [1.165, 1.54) is 0 Å². The lowest BCUT2D eigenvalue weighted by molar-refractivity contribution is 0.189. The lowest BCUT2D eigenvalue weighted by Crippen LogP contribution is -2.19. The Kier molecular flexibility index (Phi) is 6.48. The van der Waals surface area contributed by atoms with Gasteiger partial charge in [0.1, 0.15) is 11.5 Å². The third kappa shape index (κ3) is 5.09. The minimum atomic E-state index is 0.211. The second kappa shape index (κ2) is 7.96. The van der Waals surface area contributed by atoms with E-state index in [1.54, 1.807) is 0 Å². The third-order valence-electron chi connectivity index (χ3n) is 2.54. The molecule has 1 aromatic rings. The van der Waals surface area contributed by atoms with E-state index in [2.05, 4.69) is 13.8 Å². The van der Waals surface area contributed by atoms with Gasteiger partial charge in [0, 0.05) is 0 Å². The summed E-state index contributed by atoms with van der Waals surface area (Å²) < 4.78 is 11.3. The molecule has 3 heteroatoms. The highest BCUT2D eigenvalue weighted by molar-refractivity contribution is 5.31. The fraction of sp³-hybridized carbons (Fsp3) is 0.571. The van der Waals surface area contributed by atoms with Crippen molar-refractivity contribution in [3.05, 3.63) is 24.3 Å². The molecule has 0 heterocycles. The zero-order valence-electron chi connectivity index (χ0n) is 10.8. The van der Waals surface area contributed by atoms with Crippen LogP contribution in [0.15, 0.2) is 24.3 Å². The second-order valence-corrected chi connectivity index (χ2v) is 4.05. The van der Waals surface area contributed by atoms with E-state index in [4.69, 9.17) is 15.2 Å². The molecule has 0 spiro atoms. The maximum Gasteiger partial charge on any atom is 0.119 e. The van der Waals surface area contributed by atoms with Crippen LogP contribution in [0, 0.1) is 0 Å². The van der Waals surface area contributed by atoms with Gasteiger partial charge in [0.05, 0.1) is 12.7 Å². The molecule has 96 valence electrons. The molecule has 1 atom stereocenters. The van der Waals surface area contributed by atoms with Crippen molar-refractivity contribution in [3.63, 3.8) is 0 Å². The van der Waals surface area contributed by atoms with Gasteiger partial charge in [0.25, 0.3) is 0 Å². The third-order valence-corrected chi connectivity index (χ3v) is 2.54. The Morgan fingerprint density at radius 3 is 2.29 bits per heavy atom. The lowest BCUT2D eigenvalue weighted by Gasteiger charge is -2.16.